The number of nitro groups is 1. The SMILES string of the molecule is C[C@@H](O)c1cc([N+](=O)[O-])c(N2CCC3(CCCC3)CC2)s1. The highest BCUT2D eigenvalue weighted by molar-refractivity contribution is 7.16. The summed E-state index contributed by atoms with van der Waals surface area (Å²) in [5.74, 6) is 0. The molecule has 2 aliphatic rings. The van der Waals surface area contributed by atoms with Crippen LogP contribution < -0.4 is 4.90 Å². The number of thiophene rings is 1. The van der Waals surface area contributed by atoms with E-state index in [1.807, 2.05) is 0 Å². The van der Waals surface area contributed by atoms with Crippen molar-refractivity contribution in [1.82, 2.24) is 0 Å². The molecule has 0 radical (unpaired) electrons. The Balaban J connectivity index is 1.79. The second kappa shape index (κ2) is 5.57. The summed E-state index contributed by atoms with van der Waals surface area (Å²) < 4.78 is 0. The molecule has 1 aliphatic carbocycles. The standard InChI is InChI=1S/C15H22N2O3S/c1-11(18)13-10-12(17(19)20)14(21-13)16-8-6-15(7-9-16)4-2-3-5-15/h10-11,18H,2-9H2,1H3/t11-/m1/s1. The van der Waals surface area contributed by atoms with Gasteiger partial charge in [0.25, 0.3) is 0 Å². The first-order valence-corrected chi connectivity index (χ1v) is 8.54. The van der Waals surface area contributed by atoms with Gasteiger partial charge in [-0.2, -0.15) is 0 Å². The van der Waals surface area contributed by atoms with Crippen molar-refractivity contribution in [2.24, 2.45) is 5.41 Å². The summed E-state index contributed by atoms with van der Waals surface area (Å²) in [5.41, 5.74) is 0.661. The fraction of sp³-hybridized carbons (Fsp3) is 0.733. The Morgan fingerprint density at radius 3 is 2.48 bits per heavy atom. The minimum absolute atomic E-state index is 0.151. The highest BCUT2D eigenvalue weighted by Crippen LogP contribution is 2.49. The third kappa shape index (κ3) is 2.79. The normalized spacial score (nSPS) is 22.7. The lowest BCUT2D eigenvalue weighted by atomic mass is 9.77. The highest BCUT2D eigenvalue weighted by Gasteiger charge is 2.38. The quantitative estimate of drug-likeness (QED) is 0.680. The van der Waals surface area contributed by atoms with Gasteiger partial charge in [-0.05, 0) is 38.0 Å². The van der Waals surface area contributed by atoms with Crippen LogP contribution >= 0.6 is 11.3 Å². The summed E-state index contributed by atoms with van der Waals surface area (Å²) in [7, 11) is 0. The maximum absolute atomic E-state index is 11.3. The zero-order valence-electron chi connectivity index (χ0n) is 12.4. The molecule has 3 rings (SSSR count). The number of aliphatic hydroxyl groups is 1. The number of rotatable bonds is 3. The molecule has 0 unspecified atom stereocenters. The summed E-state index contributed by atoms with van der Waals surface area (Å²) in [4.78, 5) is 13.8. The van der Waals surface area contributed by atoms with Crippen LogP contribution in [0.1, 0.15) is 56.4 Å². The molecule has 1 saturated heterocycles. The van der Waals surface area contributed by atoms with Gasteiger partial charge in [-0.3, -0.25) is 10.1 Å². The number of anilines is 1. The minimum Gasteiger partial charge on any atom is -0.388 e. The zero-order chi connectivity index (χ0) is 15.0. The van der Waals surface area contributed by atoms with Gasteiger partial charge in [0.05, 0.1) is 11.0 Å². The van der Waals surface area contributed by atoms with E-state index in [2.05, 4.69) is 4.90 Å². The lowest BCUT2D eigenvalue weighted by Crippen LogP contribution is -2.38. The van der Waals surface area contributed by atoms with Crippen LogP contribution in [0.4, 0.5) is 10.7 Å². The molecule has 1 atom stereocenters. The lowest BCUT2D eigenvalue weighted by Gasteiger charge is -2.39. The number of aliphatic hydroxyl groups excluding tert-OH is 1. The summed E-state index contributed by atoms with van der Waals surface area (Å²) in [6.07, 6.45) is 6.97. The molecule has 2 fully saturated rings. The average molecular weight is 310 g/mol. The van der Waals surface area contributed by atoms with E-state index in [4.69, 9.17) is 0 Å². The van der Waals surface area contributed by atoms with Crippen molar-refractivity contribution in [3.63, 3.8) is 0 Å². The maximum atomic E-state index is 11.3. The smallest absolute Gasteiger partial charge is 0.304 e. The molecule has 1 saturated carbocycles. The molecular formula is C15H22N2O3S. The van der Waals surface area contributed by atoms with Crippen molar-refractivity contribution in [2.75, 3.05) is 18.0 Å². The second-order valence-electron chi connectivity index (χ2n) is 6.47. The molecule has 0 aromatic carbocycles. The lowest BCUT2D eigenvalue weighted by molar-refractivity contribution is -0.383. The van der Waals surface area contributed by atoms with Gasteiger partial charge in [-0.25, -0.2) is 0 Å². The Labute approximate surface area is 128 Å². The Bertz CT molecular complexity index is 525. The van der Waals surface area contributed by atoms with Gasteiger partial charge in [-0.1, -0.05) is 12.8 Å². The monoisotopic (exact) mass is 310 g/mol. The Hall–Kier alpha value is -1.14. The van der Waals surface area contributed by atoms with E-state index in [1.165, 1.54) is 43.1 Å². The van der Waals surface area contributed by atoms with Crippen molar-refractivity contribution < 1.29 is 10.0 Å². The van der Waals surface area contributed by atoms with Crippen LogP contribution in [0.3, 0.4) is 0 Å². The first-order chi connectivity index (χ1) is 10.0. The van der Waals surface area contributed by atoms with E-state index in [0.717, 1.165) is 30.9 Å². The van der Waals surface area contributed by atoms with E-state index in [1.54, 1.807) is 6.92 Å². The van der Waals surface area contributed by atoms with Crippen LogP contribution in [0, 0.1) is 15.5 Å². The first-order valence-electron chi connectivity index (χ1n) is 7.72. The van der Waals surface area contributed by atoms with Crippen LogP contribution in [0.2, 0.25) is 0 Å². The topological polar surface area (TPSA) is 66.6 Å². The van der Waals surface area contributed by atoms with Crippen LogP contribution in [-0.4, -0.2) is 23.1 Å². The number of hydrogen-bond acceptors (Lipinski definition) is 5. The van der Waals surface area contributed by atoms with Crippen LogP contribution in [0.5, 0.6) is 0 Å². The second-order valence-corrected chi connectivity index (χ2v) is 7.53. The maximum Gasteiger partial charge on any atom is 0.304 e. The van der Waals surface area contributed by atoms with Crippen molar-refractivity contribution in [3.05, 3.63) is 21.1 Å². The Kier molecular flexibility index (Phi) is 3.92. The zero-order valence-corrected chi connectivity index (χ0v) is 13.2. The molecule has 2 heterocycles. The molecular weight excluding hydrogens is 288 g/mol. The van der Waals surface area contributed by atoms with E-state index in [-0.39, 0.29) is 10.6 Å². The third-order valence-corrected chi connectivity index (χ3v) is 6.45. The fourth-order valence-electron chi connectivity index (χ4n) is 3.76. The molecule has 0 amide bonds. The van der Waals surface area contributed by atoms with Crippen molar-refractivity contribution >= 4 is 22.0 Å². The molecule has 116 valence electrons. The Morgan fingerprint density at radius 1 is 1.33 bits per heavy atom. The molecule has 1 N–H and O–H groups in total. The summed E-state index contributed by atoms with van der Waals surface area (Å²) in [6.45, 7) is 3.46. The fourth-order valence-corrected chi connectivity index (χ4v) is 4.88. The first kappa shape index (κ1) is 14.8. The Morgan fingerprint density at radius 2 is 1.95 bits per heavy atom. The molecule has 6 heteroatoms. The highest BCUT2D eigenvalue weighted by atomic mass is 32.1. The summed E-state index contributed by atoms with van der Waals surface area (Å²) >= 11 is 1.37. The van der Waals surface area contributed by atoms with Crippen molar-refractivity contribution in [2.45, 2.75) is 51.6 Å². The predicted octanol–water partition coefficient (Wildman–Crippen LogP) is 3.87. The molecule has 1 aromatic rings. The number of hydrogen-bond donors (Lipinski definition) is 1. The molecule has 1 spiro atoms. The van der Waals surface area contributed by atoms with Crippen molar-refractivity contribution in [1.29, 1.82) is 0 Å². The summed E-state index contributed by atoms with van der Waals surface area (Å²) in [5, 5.41) is 21.7. The molecule has 5 nitrogen and oxygen atoms in total. The minimum atomic E-state index is -0.645. The third-order valence-electron chi connectivity index (χ3n) is 5.10. The van der Waals surface area contributed by atoms with E-state index >= 15 is 0 Å². The van der Waals surface area contributed by atoms with Gasteiger partial charge in [0.15, 0.2) is 5.00 Å². The van der Waals surface area contributed by atoms with Gasteiger partial charge < -0.3 is 10.0 Å². The van der Waals surface area contributed by atoms with E-state index in [0.29, 0.717) is 10.3 Å². The van der Waals surface area contributed by atoms with Crippen LogP contribution in [0.15, 0.2) is 6.07 Å². The molecule has 1 aliphatic heterocycles. The largest absolute Gasteiger partial charge is 0.388 e. The van der Waals surface area contributed by atoms with Gasteiger partial charge in [0.2, 0.25) is 0 Å². The van der Waals surface area contributed by atoms with Gasteiger partial charge >= 0.3 is 5.69 Å². The van der Waals surface area contributed by atoms with Crippen molar-refractivity contribution in [3.8, 4) is 0 Å². The van der Waals surface area contributed by atoms with Gasteiger partial charge in [0, 0.05) is 24.0 Å². The van der Waals surface area contributed by atoms with Crippen LogP contribution in [0.25, 0.3) is 0 Å². The number of piperidine rings is 1. The average Bonchev–Trinajstić information content (AvgIpc) is 3.07. The summed E-state index contributed by atoms with van der Waals surface area (Å²) in [6, 6.07) is 1.53. The number of nitrogens with zero attached hydrogens (tertiary/aromatic N) is 2. The molecule has 21 heavy (non-hydrogen) atoms. The van der Waals surface area contributed by atoms with E-state index in [9.17, 15) is 15.2 Å². The predicted molar refractivity (Wildman–Crippen MR) is 84.0 cm³/mol. The molecule has 0 bridgehead atoms. The van der Waals surface area contributed by atoms with E-state index < -0.39 is 6.10 Å². The van der Waals surface area contributed by atoms with Gasteiger partial charge in [-0.15, -0.1) is 11.3 Å². The van der Waals surface area contributed by atoms with Gasteiger partial charge in [0.1, 0.15) is 0 Å². The van der Waals surface area contributed by atoms with Crippen LogP contribution in [-0.2, 0) is 0 Å². The molecule has 1 aromatic heterocycles.